The molecule has 0 spiro atoms. The van der Waals surface area contributed by atoms with Crippen LogP contribution in [0.3, 0.4) is 0 Å². The SMILES string of the molecule is COc1ccc(F)cc1S(=O)(=O)N1CCCC(Cc2nc(C3CC3)no2)C1. The topological polar surface area (TPSA) is 85.5 Å². The van der Waals surface area contributed by atoms with Gasteiger partial charge in [-0.25, -0.2) is 12.8 Å². The molecule has 1 atom stereocenters. The number of benzene rings is 1. The Kier molecular flexibility index (Phi) is 4.90. The minimum Gasteiger partial charge on any atom is -0.495 e. The van der Waals surface area contributed by atoms with Gasteiger partial charge in [0.25, 0.3) is 0 Å². The maximum Gasteiger partial charge on any atom is 0.246 e. The quantitative estimate of drug-likeness (QED) is 0.748. The Labute approximate surface area is 157 Å². The van der Waals surface area contributed by atoms with Gasteiger partial charge >= 0.3 is 0 Å². The molecule has 1 aromatic carbocycles. The molecule has 27 heavy (non-hydrogen) atoms. The number of rotatable bonds is 6. The van der Waals surface area contributed by atoms with Gasteiger partial charge in [-0.2, -0.15) is 9.29 Å². The number of piperidine rings is 1. The second-order valence-corrected chi connectivity index (χ2v) is 9.10. The fraction of sp³-hybridized carbons (Fsp3) is 0.556. The Morgan fingerprint density at radius 3 is 2.89 bits per heavy atom. The van der Waals surface area contributed by atoms with E-state index >= 15 is 0 Å². The minimum absolute atomic E-state index is 0.0839. The van der Waals surface area contributed by atoms with Crippen molar-refractivity contribution in [3.05, 3.63) is 35.7 Å². The number of nitrogens with zero attached hydrogens (tertiary/aromatic N) is 3. The third-order valence-corrected chi connectivity index (χ3v) is 7.00. The minimum atomic E-state index is -3.85. The van der Waals surface area contributed by atoms with Gasteiger partial charge in [0.15, 0.2) is 5.82 Å². The highest BCUT2D eigenvalue weighted by atomic mass is 32.2. The molecule has 2 fully saturated rings. The van der Waals surface area contributed by atoms with Crippen LogP contribution >= 0.6 is 0 Å². The van der Waals surface area contributed by atoms with Gasteiger partial charge in [0, 0.05) is 25.4 Å². The zero-order valence-electron chi connectivity index (χ0n) is 15.1. The van der Waals surface area contributed by atoms with Gasteiger partial charge in [-0.1, -0.05) is 5.16 Å². The fourth-order valence-electron chi connectivity index (χ4n) is 3.51. The predicted molar refractivity (Wildman–Crippen MR) is 94.4 cm³/mol. The fourth-order valence-corrected chi connectivity index (χ4v) is 5.23. The average molecular weight is 395 g/mol. The van der Waals surface area contributed by atoms with Crippen molar-refractivity contribution >= 4 is 10.0 Å². The van der Waals surface area contributed by atoms with Crippen molar-refractivity contribution in [3.8, 4) is 5.75 Å². The van der Waals surface area contributed by atoms with Gasteiger partial charge in [-0.15, -0.1) is 0 Å². The zero-order chi connectivity index (χ0) is 19.0. The molecule has 1 aliphatic carbocycles. The van der Waals surface area contributed by atoms with Crippen LogP contribution in [0.15, 0.2) is 27.6 Å². The lowest BCUT2D eigenvalue weighted by molar-refractivity contribution is 0.246. The van der Waals surface area contributed by atoms with E-state index in [2.05, 4.69) is 10.1 Å². The van der Waals surface area contributed by atoms with E-state index in [4.69, 9.17) is 9.26 Å². The van der Waals surface area contributed by atoms with E-state index in [-0.39, 0.29) is 16.6 Å². The first-order valence-corrected chi connectivity index (χ1v) is 10.6. The van der Waals surface area contributed by atoms with E-state index in [0.717, 1.165) is 37.6 Å². The van der Waals surface area contributed by atoms with Crippen molar-refractivity contribution in [2.75, 3.05) is 20.2 Å². The van der Waals surface area contributed by atoms with E-state index in [9.17, 15) is 12.8 Å². The van der Waals surface area contributed by atoms with E-state index in [1.165, 1.54) is 23.5 Å². The lowest BCUT2D eigenvalue weighted by Gasteiger charge is -2.31. The third kappa shape index (κ3) is 3.84. The van der Waals surface area contributed by atoms with Crippen LogP contribution in [0.4, 0.5) is 4.39 Å². The van der Waals surface area contributed by atoms with Gasteiger partial charge in [0.1, 0.15) is 16.5 Å². The smallest absolute Gasteiger partial charge is 0.246 e. The first kappa shape index (κ1) is 18.4. The van der Waals surface area contributed by atoms with Crippen LogP contribution in [0, 0.1) is 11.7 Å². The molecule has 2 aromatic rings. The van der Waals surface area contributed by atoms with Gasteiger partial charge in [-0.3, -0.25) is 0 Å². The summed E-state index contributed by atoms with van der Waals surface area (Å²) in [6.45, 7) is 0.735. The van der Waals surface area contributed by atoms with Crippen LogP contribution in [-0.4, -0.2) is 43.1 Å². The number of halogens is 1. The van der Waals surface area contributed by atoms with Gasteiger partial charge in [0.05, 0.1) is 7.11 Å². The third-order valence-electron chi connectivity index (χ3n) is 5.11. The Morgan fingerprint density at radius 2 is 2.15 bits per heavy atom. The molecule has 1 aliphatic heterocycles. The van der Waals surface area contributed by atoms with Crippen LogP contribution in [0.25, 0.3) is 0 Å². The number of aromatic nitrogens is 2. The van der Waals surface area contributed by atoms with Gasteiger partial charge in [-0.05, 0) is 49.8 Å². The highest BCUT2D eigenvalue weighted by molar-refractivity contribution is 7.89. The molecule has 1 saturated carbocycles. The maximum atomic E-state index is 13.7. The Morgan fingerprint density at radius 1 is 1.33 bits per heavy atom. The van der Waals surface area contributed by atoms with Crippen molar-refractivity contribution < 1.29 is 22.1 Å². The van der Waals surface area contributed by atoms with Crippen molar-refractivity contribution in [3.63, 3.8) is 0 Å². The Balaban J connectivity index is 1.50. The highest BCUT2D eigenvalue weighted by Gasteiger charge is 2.34. The largest absolute Gasteiger partial charge is 0.495 e. The summed E-state index contributed by atoms with van der Waals surface area (Å²) in [5.74, 6) is 1.36. The molecular weight excluding hydrogens is 373 g/mol. The van der Waals surface area contributed by atoms with Gasteiger partial charge < -0.3 is 9.26 Å². The number of ether oxygens (including phenoxy) is 1. The molecule has 2 aliphatic rings. The van der Waals surface area contributed by atoms with E-state index in [1.807, 2.05) is 0 Å². The van der Waals surface area contributed by atoms with Crippen LogP contribution in [0.1, 0.15) is 43.3 Å². The number of methoxy groups -OCH3 is 1. The summed E-state index contributed by atoms with van der Waals surface area (Å²) in [7, 11) is -2.48. The zero-order valence-corrected chi connectivity index (χ0v) is 15.9. The second kappa shape index (κ2) is 7.20. The summed E-state index contributed by atoms with van der Waals surface area (Å²) in [6.07, 6.45) is 4.36. The molecule has 1 unspecified atom stereocenters. The molecule has 1 saturated heterocycles. The molecule has 0 amide bonds. The van der Waals surface area contributed by atoms with Crippen molar-refractivity contribution in [1.29, 1.82) is 0 Å². The predicted octanol–water partition coefficient (Wildman–Crippen LogP) is 2.74. The van der Waals surface area contributed by atoms with E-state index in [1.54, 1.807) is 0 Å². The van der Waals surface area contributed by atoms with E-state index < -0.39 is 15.8 Å². The molecular formula is C18H22FN3O4S. The molecule has 146 valence electrons. The second-order valence-electron chi connectivity index (χ2n) is 7.19. The standard InChI is InChI=1S/C18H22FN3O4S/c1-25-15-7-6-14(19)10-16(15)27(23,24)22-8-2-3-12(11-22)9-17-20-18(21-26-17)13-4-5-13/h6-7,10,12-13H,2-5,8-9,11H2,1H3. The Hall–Kier alpha value is -2.00. The van der Waals surface area contributed by atoms with Crippen LogP contribution in [-0.2, 0) is 16.4 Å². The van der Waals surface area contributed by atoms with Gasteiger partial charge in [0.2, 0.25) is 15.9 Å². The van der Waals surface area contributed by atoms with Crippen LogP contribution in [0.5, 0.6) is 5.75 Å². The lowest BCUT2D eigenvalue weighted by atomic mass is 9.96. The molecule has 1 aromatic heterocycles. The summed E-state index contributed by atoms with van der Waals surface area (Å²) in [4.78, 5) is 4.30. The summed E-state index contributed by atoms with van der Waals surface area (Å²) < 4.78 is 51.6. The summed E-state index contributed by atoms with van der Waals surface area (Å²) >= 11 is 0. The molecule has 7 nitrogen and oxygen atoms in total. The molecule has 0 N–H and O–H groups in total. The molecule has 9 heteroatoms. The van der Waals surface area contributed by atoms with Crippen molar-refractivity contribution in [1.82, 2.24) is 14.4 Å². The summed E-state index contributed by atoms with van der Waals surface area (Å²) in [6, 6.07) is 3.53. The monoisotopic (exact) mass is 395 g/mol. The molecule has 4 rings (SSSR count). The lowest BCUT2D eigenvalue weighted by Crippen LogP contribution is -2.40. The average Bonchev–Trinajstić information content (AvgIpc) is 3.41. The summed E-state index contributed by atoms with van der Waals surface area (Å²) in [5, 5.41) is 4.02. The van der Waals surface area contributed by atoms with Crippen LogP contribution in [0.2, 0.25) is 0 Å². The highest BCUT2D eigenvalue weighted by Crippen LogP contribution is 2.38. The summed E-state index contributed by atoms with van der Waals surface area (Å²) in [5.41, 5.74) is 0. The normalized spacial score (nSPS) is 21.3. The molecule has 0 radical (unpaired) electrons. The van der Waals surface area contributed by atoms with Crippen molar-refractivity contribution in [2.45, 2.75) is 42.9 Å². The van der Waals surface area contributed by atoms with Crippen molar-refractivity contribution in [2.24, 2.45) is 5.92 Å². The number of sulfonamides is 1. The first-order chi connectivity index (χ1) is 13.0. The number of hydrogen-bond donors (Lipinski definition) is 0. The molecule has 0 bridgehead atoms. The molecule has 2 heterocycles. The maximum absolute atomic E-state index is 13.7. The Bertz CT molecular complexity index is 926. The number of hydrogen-bond acceptors (Lipinski definition) is 6. The van der Waals surface area contributed by atoms with Crippen LogP contribution < -0.4 is 4.74 Å². The first-order valence-electron chi connectivity index (χ1n) is 9.13. The van der Waals surface area contributed by atoms with E-state index in [0.29, 0.717) is 31.3 Å².